The van der Waals surface area contributed by atoms with Gasteiger partial charge in [0.15, 0.2) is 0 Å². The van der Waals surface area contributed by atoms with Crippen molar-refractivity contribution in [3.8, 4) is 0 Å². The molecule has 4 rings (SSSR count). The van der Waals surface area contributed by atoms with Crippen molar-refractivity contribution in [2.75, 3.05) is 32.7 Å². The molecule has 2 aromatic rings. The number of nitrogens with one attached hydrogen (secondary N) is 1. The van der Waals surface area contributed by atoms with E-state index in [0.717, 1.165) is 56.1 Å². The summed E-state index contributed by atoms with van der Waals surface area (Å²) in [7, 11) is 0. The van der Waals surface area contributed by atoms with Gasteiger partial charge >= 0.3 is 6.09 Å². The number of likely N-dealkylation sites (tertiary alicyclic amines) is 2. The van der Waals surface area contributed by atoms with Gasteiger partial charge in [0, 0.05) is 32.7 Å². The normalized spacial score (nSPS) is 21.0. The van der Waals surface area contributed by atoms with Crippen LogP contribution >= 0.6 is 0 Å². The van der Waals surface area contributed by atoms with Gasteiger partial charge in [0.05, 0.1) is 23.0 Å². The van der Waals surface area contributed by atoms with Gasteiger partial charge in [0.25, 0.3) is 5.91 Å². The van der Waals surface area contributed by atoms with Crippen LogP contribution in [-0.4, -0.2) is 70.1 Å². The molecule has 0 bridgehead atoms. The number of carbonyl (C=O) groups excluding carboxylic acids is 2. The Morgan fingerprint density at radius 1 is 1.03 bits per heavy atom. The lowest BCUT2D eigenvalue weighted by atomic mass is 10.0. The molecule has 2 saturated heterocycles. The van der Waals surface area contributed by atoms with Gasteiger partial charge in [0.1, 0.15) is 11.9 Å². The van der Waals surface area contributed by atoms with Gasteiger partial charge in [0.2, 0.25) is 0 Å². The number of nitrogens with zero attached hydrogens (tertiary/aromatic N) is 4. The molecule has 0 spiro atoms. The van der Waals surface area contributed by atoms with Crippen molar-refractivity contribution in [3.63, 3.8) is 0 Å². The van der Waals surface area contributed by atoms with Crippen LogP contribution in [0.15, 0.2) is 36.7 Å². The second-order valence-electron chi connectivity index (χ2n) is 10.8. The average molecular weight is 480 g/mol. The van der Waals surface area contributed by atoms with Crippen LogP contribution in [0, 0.1) is 25.7 Å². The molecule has 8 heteroatoms. The van der Waals surface area contributed by atoms with Crippen molar-refractivity contribution in [2.45, 2.75) is 52.7 Å². The molecular formula is C27H37N5O3. The van der Waals surface area contributed by atoms with E-state index in [1.807, 2.05) is 69.9 Å². The number of alkyl carbamates (subject to hydrolysis) is 1. The first-order valence-corrected chi connectivity index (χ1v) is 12.4. The molecule has 188 valence electrons. The molecule has 2 unspecified atom stereocenters. The summed E-state index contributed by atoms with van der Waals surface area (Å²) in [5.41, 5.74) is 2.66. The van der Waals surface area contributed by atoms with Crippen LogP contribution in [0.25, 0.3) is 0 Å². The highest BCUT2D eigenvalue weighted by Gasteiger charge is 2.42. The first-order valence-electron chi connectivity index (χ1n) is 12.4. The number of benzene rings is 1. The summed E-state index contributed by atoms with van der Waals surface area (Å²) in [5, 5.41) is 3.06. The number of rotatable bonds is 6. The zero-order chi connectivity index (χ0) is 25.2. The highest BCUT2D eigenvalue weighted by atomic mass is 16.6. The van der Waals surface area contributed by atoms with Crippen molar-refractivity contribution in [3.05, 3.63) is 59.2 Å². The number of hydrogen-bond acceptors (Lipinski definition) is 6. The fourth-order valence-electron chi connectivity index (χ4n) is 5.27. The van der Waals surface area contributed by atoms with E-state index in [1.54, 1.807) is 0 Å². The molecule has 1 aromatic carbocycles. The zero-order valence-electron chi connectivity index (χ0n) is 21.5. The summed E-state index contributed by atoms with van der Waals surface area (Å²) < 4.78 is 5.50. The minimum atomic E-state index is -0.538. The van der Waals surface area contributed by atoms with Crippen molar-refractivity contribution < 1.29 is 14.3 Å². The predicted octanol–water partition coefficient (Wildman–Crippen LogP) is 3.75. The fourth-order valence-corrected chi connectivity index (χ4v) is 5.27. The number of aromatic nitrogens is 2. The summed E-state index contributed by atoms with van der Waals surface area (Å²) in [6.45, 7) is 13.7. The molecule has 2 aliphatic heterocycles. The lowest BCUT2D eigenvalue weighted by Crippen LogP contribution is -2.37. The Morgan fingerprint density at radius 2 is 1.63 bits per heavy atom. The molecule has 1 aromatic heterocycles. The third kappa shape index (κ3) is 6.17. The summed E-state index contributed by atoms with van der Waals surface area (Å²) >= 11 is 0. The molecule has 0 aliphatic carbocycles. The Hall–Kier alpha value is -3.00. The summed E-state index contributed by atoms with van der Waals surface area (Å²) in [6, 6.07) is 9.93. The highest BCUT2D eigenvalue weighted by Crippen LogP contribution is 2.33. The van der Waals surface area contributed by atoms with Gasteiger partial charge in [-0.25, -0.2) is 14.8 Å². The summed E-state index contributed by atoms with van der Waals surface area (Å²) in [6.07, 6.45) is 1.91. The minimum absolute atomic E-state index is 0.0484. The van der Waals surface area contributed by atoms with Crippen molar-refractivity contribution in [1.29, 1.82) is 0 Å². The quantitative estimate of drug-likeness (QED) is 0.679. The monoisotopic (exact) mass is 479 g/mol. The Labute approximate surface area is 208 Å². The Morgan fingerprint density at radius 3 is 2.20 bits per heavy atom. The van der Waals surface area contributed by atoms with Crippen molar-refractivity contribution in [1.82, 2.24) is 25.1 Å². The second-order valence-corrected chi connectivity index (χ2v) is 10.8. The number of ether oxygens (including phenoxy) is 1. The minimum Gasteiger partial charge on any atom is -0.444 e. The van der Waals surface area contributed by atoms with Crippen LogP contribution in [0.1, 0.15) is 60.5 Å². The van der Waals surface area contributed by atoms with Gasteiger partial charge in [-0.05, 0) is 58.4 Å². The van der Waals surface area contributed by atoms with E-state index >= 15 is 0 Å². The molecule has 8 nitrogen and oxygen atoms in total. The van der Waals surface area contributed by atoms with Crippen LogP contribution < -0.4 is 5.32 Å². The van der Waals surface area contributed by atoms with E-state index in [0.29, 0.717) is 17.4 Å². The molecule has 35 heavy (non-hydrogen) atoms. The summed E-state index contributed by atoms with van der Waals surface area (Å²) in [5.74, 6) is 0.989. The number of amides is 2. The van der Waals surface area contributed by atoms with Gasteiger partial charge in [-0.2, -0.15) is 0 Å². The average Bonchev–Trinajstić information content (AvgIpc) is 3.35. The number of carbonyl (C=O) groups is 2. The van der Waals surface area contributed by atoms with E-state index in [4.69, 9.17) is 4.74 Å². The topological polar surface area (TPSA) is 87.7 Å². The summed E-state index contributed by atoms with van der Waals surface area (Å²) in [4.78, 5) is 38.5. The van der Waals surface area contributed by atoms with Crippen LogP contribution in [-0.2, 0) is 4.74 Å². The SMILES string of the molecule is Cc1ncnc(C)c1C(=O)N1CC2CN(CCC(NC(=O)OC(C)(C)C)c3ccccc3)C[C@H]2C1. The van der Waals surface area contributed by atoms with Gasteiger partial charge in [-0.1, -0.05) is 30.3 Å². The third-order valence-electron chi connectivity index (χ3n) is 6.92. The van der Waals surface area contributed by atoms with E-state index in [9.17, 15) is 9.59 Å². The Balaban J connectivity index is 1.33. The van der Waals surface area contributed by atoms with Crippen LogP contribution in [0.2, 0.25) is 0 Å². The van der Waals surface area contributed by atoms with Crippen LogP contribution in [0.3, 0.4) is 0 Å². The second kappa shape index (κ2) is 10.3. The first kappa shape index (κ1) is 25.1. The van der Waals surface area contributed by atoms with E-state index in [1.165, 1.54) is 6.33 Å². The molecule has 1 N–H and O–H groups in total. The lowest BCUT2D eigenvalue weighted by molar-refractivity contribution is 0.0498. The zero-order valence-corrected chi connectivity index (χ0v) is 21.5. The number of fused-ring (bicyclic) bond motifs is 1. The maximum atomic E-state index is 13.2. The standard InChI is InChI=1S/C27H37N5O3/c1-18-24(19(2)29-17-28-18)25(33)32-15-21-13-31(14-22(21)16-32)12-11-23(20-9-7-6-8-10-20)30-26(34)35-27(3,4)5/h6-10,17,21-23H,11-16H2,1-5H3,(H,30,34)/t21-,22?,23?/m0/s1. The van der Waals surface area contributed by atoms with Gasteiger partial charge in [-0.15, -0.1) is 0 Å². The molecule has 2 fully saturated rings. The van der Waals surface area contributed by atoms with Gasteiger partial charge in [-0.3, -0.25) is 4.79 Å². The highest BCUT2D eigenvalue weighted by molar-refractivity contribution is 5.96. The number of aryl methyl sites for hydroxylation is 2. The number of hydrogen-bond donors (Lipinski definition) is 1. The molecule has 0 saturated carbocycles. The molecule has 3 atom stereocenters. The maximum absolute atomic E-state index is 13.2. The largest absolute Gasteiger partial charge is 0.444 e. The van der Waals surface area contributed by atoms with Crippen LogP contribution in [0.4, 0.5) is 4.79 Å². The molecule has 2 aliphatic rings. The van der Waals surface area contributed by atoms with E-state index in [2.05, 4.69) is 20.2 Å². The third-order valence-corrected chi connectivity index (χ3v) is 6.92. The van der Waals surface area contributed by atoms with E-state index in [-0.39, 0.29) is 11.9 Å². The fraction of sp³-hybridized carbons (Fsp3) is 0.556. The molecular weight excluding hydrogens is 442 g/mol. The smallest absolute Gasteiger partial charge is 0.408 e. The van der Waals surface area contributed by atoms with Gasteiger partial charge < -0.3 is 19.9 Å². The van der Waals surface area contributed by atoms with E-state index < -0.39 is 11.7 Å². The van der Waals surface area contributed by atoms with Crippen LogP contribution in [0.5, 0.6) is 0 Å². The molecule has 3 heterocycles. The first-order chi connectivity index (χ1) is 16.6. The maximum Gasteiger partial charge on any atom is 0.408 e. The van der Waals surface area contributed by atoms with Crippen molar-refractivity contribution in [2.24, 2.45) is 11.8 Å². The van der Waals surface area contributed by atoms with Crippen molar-refractivity contribution >= 4 is 12.0 Å². The lowest BCUT2D eigenvalue weighted by Gasteiger charge is -2.26. The molecule has 0 radical (unpaired) electrons. The Kier molecular flexibility index (Phi) is 7.40. The molecule has 2 amide bonds. The predicted molar refractivity (Wildman–Crippen MR) is 134 cm³/mol. The Bertz CT molecular complexity index is 1020.